The lowest BCUT2D eigenvalue weighted by molar-refractivity contribution is 0.0696. The van der Waals surface area contributed by atoms with Gasteiger partial charge >= 0.3 is 5.97 Å². The van der Waals surface area contributed by atoms with E-state index in [0.29, 0.717) is 5.03 Å². The molecular formula is C12H10N2O2S. The van der Waals surface area contributed by atoms with Crippen molar-refractivity contribution in [3.63, 3.8) is 0 Å². The number of carboxylic acid groups (broad SMARTS) is 1. The van der Waals surface area contributed by atoms with Crippen LogP contribution >= 0.6 is 11.8 Å². The fraction of sp³-hybridized carbons (Fsp3) is 0.0833. The smallest absolute Gasteiger partial charge is 0.335 e. The van der Waals surface area contributed by atoms with Gasteiger partial charge in [0.2, 0.25) is 0 Å². The molecule has 17 heavy (non-hydrogen) atoms. The average Bonchev–Trinajstić information content (AvgIpc) is 2.38. The third kappa shape index (κ3) is 3.29. The Balaban J connectivity index is 2.04. The summed E-state index contributed by atoms with van der Waals surface area (Å²) >= 11 is 1.49. The van der Waals surface area contributed by atoms with Crippen LogP contribution in [0.2, 0.25) is 0 Å². The molecule has 0 spiro atoms. The van der Waals surface area contributed by atoms with Crippen LogP contribution in [-0.4, -0.2) is 21.0 Å². The third-order valence-electron chi connectivity index (χ3n) is 2.09. The number of thioether (sulfide) groups is 1. The maximum atomic E-state index is 10.8. The highest BCUT2D eigenvalue weighted by molar-refractivity contribution is 7.98. The van der Waals surface area contributed by atoms with Crippen LogP contribution in [0.15, 0.2) is 47.9 Å². The van der Waals surface area contributed by atoms with Gasteiger partial charge in [-0.05, 0) is 23.8 Å². The summed E-state index contributed by atoms with van der Waals surface area (Å²) < 4.78 is 0. The van der Waals surface area contributed by atoms with Crippen molar-refractivity contribution >= 4 is 17.7 Å². The maximum Gasteiger partial charge on any atom is 0.335 e. The molecule has 0 atom stereocenters. The van der Waals surface area contributed by atoms with E-state index in [1.165, 1.54) is 24.0 Å². The Hall–Kier alpha value is -1.88. The first-order valence-electron chi connectivity index (χ1n) is 4.97. The lowest BCUT2D eigenvalue weighted by Gasteiger charge is -2.01. The van der Waals surface area contributed by atoms with E-state index in [4.69, 9.17) is 5.11 Å². The van der Waals surface area contributed by atoms with E-state index in [1.807, 2.05) is 12.1 Å². The summed E-state index contributed by atoms with van der Waals surface area (Å²) in [5.74, 6) is -0.209. The molecule has 0 radical (unpaired) electrons. The second-order valence-corrected chi connectivity index (χ2v) is 4.33. The Morgan fingerprint density at radius 1 is 1.35 bits per heavy atom. The van der Waals surface area contributed by atoms with Gasteiger partial charge in [-0.2, -0.15) is 0 Å². The molecule has 86 valence electrons. The molecule has 0 aliphatic heterocycles. The van der Waals surface area contributed by atoms with Crippen LogP contribution in [0.3, 0.4) is 0 Å². The van der Waals surface area contributed by atoms with Crippen molar-refractivity contribution in [3.05, 3.63) is 54.0 Å². The Morgan fingerprint density at radius 3 is 2.94 bits per heavy atom. The third-order valence-corrected chi connectivity index (χ3v) is 3.09. The minimum atomic E-state index is -0.935. The molecule has 0 fully saturated rings. The number of nitrogens with zero attached hydrogens (tertiary/aromatic N) is 2. The van der Waals surface area contributed by atoms with E-state index in [0.717, 1.165) is 11.3 Å². The fourth-order valence-corrected chi connectivity index (χ4v) is 2.09. The van der Waals surface area contributed by atoms with Crippen molar-refractivity contribution in [1.82, 2.24) is 9.97 Å². The van der Waals surface area contributed by atoms with Crippen LogP contribution in [-0.2, 0) is 5.75 Å². The number of aromatic carboxylic acids is 1. The molecule has 0 saturated carbocycles. The Labute approximate surface area is 103 Å². The molecule has 0 aliphatic rings. The van der Waals surface area contributed by atoms with Crippen molar-refractivity contribution in [2.45, 2.75) is 10.8 Å². The van der Waals surface area contributed by atoms with Crippen LogP contribution in [0.25, 0.3) is 0 Å². The zero-order valence-electron chi connectivity index (χ0n) is 8.91. The molecule has 2 aromatic heterocycles. The number of pyridine rings is 2. The summed E-state index contributed by atoms with van der Waals surface area (Å²) in [5.41, 5.74) is 1.34. The van der Waals surface area contributed by atoms with Gasteiger partial charge in [-0.1, -0.05) is 6.07 Å². The predicted octanol–water partition coefficient (Wildman–Crippen LogP) is 2.47. The summed E-state index contributed by atoms with van der Waals surface area (Å²) in [7, 11) is 0. The summed E-state index contributed by atoms with van der Waals surface area (Å²) in [5, 5.41) is 9.55. The van der Waals surface area contributed by atoms with Gasteiger partial charge in [0.25, 0.3) is 0 Å². The minimum Gasteiger partial charge on any atom is -0.478 e. The highest BCUT2D eigenvalue weighted by Gasteiger charge is 2.04. The summed E-state index contributed by atoms with van der Waals surface area (Å²) in [4.78, 5) is 18.9. The monoisotopic (exact) mass is 246 g/mol. The SMILES string of the molecule is O=C(O)c1ccnc(SCc2cccnc2)c1. The van der Waals surface area contributed by atoms with Crippen LogP contribution in [0.5, 0.6) is 0 Å². The van der Waals surface area contributed by atoms with Gasteiger partial charge in [-0.3, -0.25) is 4.98 Å². The van der Waals surface area contributed by atoms with E-state index in [-0.39, 0.29) is 5.56 Å². The zero-order valence-corrected chi connectivity index (χ0v) is 9.72. The van der Waals surface area contributed by atoms with Gasteiger partial charge in [-0.25, -0.2) is 9.78 Å². The highest BCUT2D eigenvalue weighted by atomic mass is 32.2. The minimum absolute atomic E-state index is 0.258. The molecule has 2 rings (SSSR count). The lowest BCUT2D eigenvalue weighted by Crippen LogP contribution is -1.96. The second kappa shape index (κ2) is 5.45. The van der Waals surface area contributed by atoms with Crippen LogP contribution < -0.4 is 0 Å². The van der Waals surface area contributed by atoms with Crippen molar-refractivity contribution in [2.24, 2.45) is 0 Å². The standard InChI is InChI=1S/C12H10N2O2S/c15-12(16)10-3-5-14-11(6-10)17-8-9-2-1-4-13-7-9/h1-7H,8H2,(H,15,16). The maximum absolute atomic E-state index is 10.8. The number of rotatable bonds is 4. The first-order valence-corrected chi connectivity index (χ1v) is 5.95. The molecule has 0 aliphatic carbocycles. The molecular weight excluding hydrogens is 236 g/mol. The van der Waals surface area contributed by atoms with E-state index in [2.05, 4.69) is 9.97 Å². The van der Waals surface area contributed by atoms with Gasteiger partial charge in [-0.15, -0.1) is 11.8 Å². The number of aromatic nitrogens is 2. The summed E-state index contributed by atoms with van der Waals surface area (Å²) in [6.07, 6.45) is 5.01. The molecule has 4 nitrogen and oxygen atoms in total. The van der Waals surface area contributed by atoms with Gasteiger partial charge in [0.15, 0.2) is 0 Å². The molecule has 0 aromatic carbocycles. The van der Waals surface area contributed by atoms with Crippen molar-refractivity contribution in [2.75, 3.05) is 0 Å². The first-order chi connectivity index (χ1) is 8.25. The fourth-order valence-electron chi connectivity index (χ4n) is 1.26. The average molecular weight is 246 g/mol. The molecule has 0 saturated heterocycles. The van der Waals surface area contributed by atoms with Gasteiger partial charge < -0.3 is 5.11 Å². The zero-order chi connectivity index (χ0) is 12.1. The Bertz CT molecular complexity index is 517. The van der Waals surface area contributed by atoms with E-state index in [9.17, 15) is 4.79 Å². The molecule has 2 aromatic rings. The summed E-state index contributed by atoms with van der Waals surface area (Å²) in [6.45, 7) is 0. The molecule has 0 unspecified atom stereocenters. The Kier molecular flexibility index (Phi) is 3.72. The van der Waals surface area contributed by atoms with E-state index < -0.39 is 5.97 Å². The molecule has 1 N–H and O–H groups in total. The second-order valence-electron chi connectivity index (χ2n) is 3.34. The highest BCUT2D eigenvalue weighted by Crippen LogP contribution is 2.20. The molecule has 0 bridgehead atoms. The normalized spacial score (nSPS) is 10.1. The summed E-state index contributed by atoms with van der Waals surface area (Å²) in [6, 6.07) is 6.90. The van der Waals surface area contributed by atoms with Gasteiger partial charge in [0.1, 0.15) is 0 Å². The van der Waals surface area contributed by atoms with E-state index >= 15 is 0 Å². The van der Waals surface area contributed by atoms with Crippen molar-refractivity contribution in [1.29, 1.82) is 0 Å². The predicted molar refractivity (Wildman–Crippen MR) is 65.0 cm³/mol. The number of carbonyl (C=O) groups is 1. The molecule has 5 heteroatoms. The van der Waals surface area contributed by atoms with Crippen LogP contribution in [0.1, 0.15) is 15.9 Å². The van der Waals surface area contributed by atoms with Crippen molar-refractivity contribution in [3.8, 4) is 0 Å². The van der Waals surface area contributed by atoms with Crippen molar-refractivity contribution < 1.29 is 9.90 Å². The number of carboxylic acids is 1. The van der Waals surface area contributed by atoms with Gasteiger partial charge in [0, 0.05) is 24.3 Å². The molecule has 2 heterocycles. The molecule has 0 amide bonds. The van der Waals surface area contributed by atoms with Gasteiger partial charge in [0.05, 0.1) is 10.6 Å². The number of hydrogen-bond acceptors (Lipinski definition) is 4. The quantitative estimate of drug-likeness (QED) is 0.839. The first kappa shape index (κ1) is 11.6. The number of hydrogen-bond donors (Lipinski definition) is 1. The topological polar surface area (TPSA) is 63.1 Å². The van der Waals surface area contributed by atoms with E-state index in [1.54, 1.807) is 18.5 Å². The largest absolute Gasteiger partial charge is 0.478 e. The lowest BCUT2D eigenvalue weighted by atomic mass is 10.3. The van der Waals surface area contributed by atoms with Crippen LogP contribution in [0, 0.1) is 0 Å². The Morgan fingerprint density at radius 2 is 2.24 bits per heavy atom. The van der Waals surface area contributed by atoms with Crippen LogP contribution in [0.4, 0.5) is 0 Å².